The molecule has 2 N–H and O–H groups in total. The number of ether oxygens (including phenoxy) is 1. The quantitative estimate of drug-likeness (QED) is 0.828. The Bertz CT molecular complexity index is 897. The van der Waals surface area contributed by atoms with Gasteiger partial charge in [0.05, 0.1) is 30.1 Å². The number of carbonyl (C=O) groups is 2. The van der Waals surface area contributed by atoms with Gasteiger partial charge in [0, 0.05) is 37.3 Å². The molecule has 4 atom stereocenters. The fourth-order valence-corrected chi connectivity index (χ4v) is 5.06. The molecule has 0 aromatic carbocycles. The lowest BCUT2D eigenvalue weighted by Crippen LogP contribution is -2.42. The lowest BCUT2D eigenvalue weighted by atomic mass is 9.73. The maximum absolute atomic E-state index is 12.9. The molecule has 2 aromatic rings. The molecule has 0 aliphatic carbocycles. The van der Waals surface area contributed by atoms with Gasteiger partial charge in [0.1, 0.15) is 11.4 Å². The Morgan fingerprint density at radius 3 is 3.04 bits per heavy atom. The fraction of sp³-hybridized carbons (Fsp3) is 0.500. The van der Waals surface area contributed by atoms with E-state index in [-0.39, 0.29) is 35.4 Å². The van der Waals surface area contributed by atoms with E-state index in [9.17, 15) is 9.59 Å². The lowest BCUT2D eigenvalue weighted by Gasteiger charge is -2.29. The van der Waals surface area contributed by atoms with Crippen LogP contribution in [0.5, 0.6) is 0 Å². The van der Waals surface area contributed by atoms with Gasteiger partial charge in [-0.2, -0.15) is 0 Å². The van der Waals surface area contributed by atoms with Crippen molar-refractivity contribution in [2.24, 2.45) is 11.8 Å². The van der Waals surface area contributed by atoms with E-state index in [4.69, 9.17) is 4.74 Å². The van der Waals surface area contributed by atoms with E-state index in [1.807, 2.05) is 11.8 Å². The van der Waals surface area contributed by atoms with Crippen molar-refractivity contribution in [1.82, 2.24) is 25.2 Å². The summed E-state index contributed by atoms with van der Waals surface area (Å²) < 4.78 is 6.37. The predicted molar refractivity (Wildman–Crippen MR) is 99.6 cm³/mol. The minimum absolute atomic E-state index is 0.0995. The number of fused-ring (bicyclic) bond motifs is 1. The molecule has 8 heteroatoms. The van der Waals surface area contributed by atoms with Gasteiger partial charge in [0.15, 0.2) is 0 Å². The highest BCUT2D eigenvalue weighted by atomic mass is 16.5. The summed E-state index contributed by atoms with van der Waals surface area (Å²) in [6.45, 7) is 3.62. The van der Waals surface area contributed by atoms with E-state index in [1.54, 1.807) is 24.5 Å². The summed E-state index contributed by atoms with van der Waals surface area (Å²) in [7, 11) is 0. The zero-order valence-corrected chi connectivity index (χ0v) is 15.7. The molecule has 3 fully saturated rings. The minimum Gasteiger partial charge on any atom is -0.369 e. The molecule has 3 aliphatic heterocycles. The Hall–Kier alpha value is -2.74. The molecule has 3 aliphatic rings. The Balaban J connectivity index is 1.29. The van der Waals surface area contributed by atoms with Crippen LogP contribution in [0.2, 0.25) is 0 Å². The van der Waals surface area contributed by atoms with E-state index in [0.29, 0.717) is 31.0 Å². The summed E-state index contributed by atoms with van der Waals surface area (Å²) in [5.41, 5.74) is 1.43. The highest BCUT2D eigenvalue weighted by molar-refractivity contribution is 5.93. The average molecular weight is 381 g/mol. The van der Waals surface area contributed by atoms with E-state index < -0.39 is 0 Å². The van der Waals surface area contributed by atoms with Gasteiger partial charge in [-0.15, -0.1) is 0 Å². The van der Waals surface area contributed by atoms with Gasteiger partial charge in [-0.3, -0.25) is 14.6 Å². The first-order valence-electron chi connectivity index (χ1n) is 9.73. The number of nitrogens with zero attached hydrogens (tertiary/aromatic N) is 3. The third-order valence-electron chi connectivity index (χ3n) is 6.41. The molecular weight excluding hydrogens is 358 g/mol. The van der Waals surface area contributed by atoms with Crippen LogP contribution in [0.3, 0.4) is 0 Å². The van der Waals surface area contributed by atoms with Crippen molar-refractivity contribution < 1.29 is 14.3 Å². The molecule has 146 valence electrons. The van der Waals surface area contributed by atoms with Crippen molar-refractivity contribution in [3.05, 3.63) is 47.8 Å². The van der Waals surface area contributed by atoms with E-state index in [1.165, 1.54) is 6.20 Å². The van der Waals surface area contributed by atoms with Crippen LogP contribution >= 0.6 is 0 Å². The third-order valence-corrected chi connectivity index (χ3v) is 6.41. The largest absolute Gasteiger partial charge is 0.369 e. The number of amides is 2. The van der Waals surface area contributed by atoms with Crippen LogP contribution in [0.15, 0.2) is 30.7 Å². The second-order valence-corrected chi connectivity index (χ2v) is 8.05. The first-order valence-corrected chi connectivity index (χ1v) is 9.73. The summed E-state index contributed by atoms with van der Waals surface area (Å²) in [6, 6.07) is 3.56. The molecule has 3 saturated heterocycles. The Morgan fingerprint density at radius 2 is 2.29 bits per heavy atom. The van der Waals surface area contributed by atoms with Gasteiger partial charge >= 0.3 is 0 Å². The van der Waals surface area contributed by atoms with Crippen LogP contribution in [-0.4, -0.2) is 63.0 Å². The number of nitrogens with one attached hydrogen (secondary N) is 2. The van der Waals surface area contributed by atoms with Crippen LogP contribution in [0.25, 0.3) is 0 Å². The Morgan fingerprint density at radius 1 is 1.39 bits per heavy atom. The Labute approximate surface area is 162 Å². The number of rotatable bonds is 4. The summed E-state index contributed by atoms with van der Waals surface area (Å²) in [5, 5.41) is 3.03. The fourth-order valence-electron chi connectivity index (χ4n) is 5.06. The second kappa shape index (κ2) is 6.41. The van der Waals surface area contributed by atoms with Gasteiger partial charge < -0.3 is 19.9 Å². The maximum atomic E-state index is 12.9. The van der Waals surface area contributed by atoms with Crippen molar-refractivity contribution in [2.75, 3.05) is 19.6 Å². The molecule has 2 aromatic heterocycles. The van der Waals surface area contributed by atoms with Crippen LogP contribution in [0.4, 0.5) is 0 Å². The Kier molecular flexibility index (Phi) is 3.97. The SMILES string of the molecule is Cc1cnc(C(=O)N2C[C@@H]3[C@H](CNC(=O)c4ccc[nH]4)[C@H]4CC[C@]3(C2)O4)cn1. The molecule has 2 bridgehead atoms. The molecule has 8 nitrogen and oxygen atoms in total. The molecule has 0 unspecified atom stereocenters. The molecule has 0 radical (unpaired) electrons. The number of carbonyl (C=O) groups excluding carboxylic acids is 2. The van der Waals surface area contributed by atoms with E-state index in [2.05, 4.69) is 20.3 Å². The first kappa shape index (κ1) is 17.4. The topological polar surface area (TPSA) is 100 Å². The van der Waals surface area contributed by atoms with Gasteiger partial charge in [0.2, 0.25) is 0 Å². The van der Waals surface area contributed by atoms with Crippen LogP contribution in [0, 0.1) is 18.8 Å². The summed E-state index contributed by atoms with van der Waals surface area (Å²) in [4.78, 5) is 38.3. The molecule has 2 amide bonds. The van der Waals surface area contributed by atoms with Gasteiger partial charge in [-0.05, 0) is 31.9 Å². The lowest BCUT2D eigenvalue weighted by molar-refractivity contribution is 0.00310. The highest BCUT2D eigenvalue weighted by Crippen LogP contribution is 2.54. The second-order valence-electron chi connectivity index (χ2n) is 8.05. The smallest absolute Gasteiger partial charge is 0.274 e. The molecule has 0 saturated carbocycles. The zero-order valence-electron chi connectivity index (χ0n) is 15.7. The zero-order chi connectivity index (χ0) is 19.3. The number of hydrogen-bond acceptors (Lipinski definition) is 5. The van der Waals surface area contributed by atoms with E-state index in [0.717, 1.165) is 18.5 Å². The maximum Gasteiger partial charge on any atom is 0.274 e. The standard InChI is InChI=1S/C20H23N5O3/c1-12-7-23-16(9-22-12)19(27)25-10-14-13(17-4-5-20(14,11-25)28-17)8-24-18(26)15-3-2-6-21-15/h2-3,6-7,9,13-14,17,21H,4-5,8,10-11H2,1H3,(H,24,26)/t13-,14+,17+,20+/m0/s1. The molecule has 28 heavy (non-hydrogen) atoms. The predicted octanol–water partition coefficient (Wildman–Crippen LogP) is 1.16. The number of aryl methyl sites for hydroxylation is 1. The van der Waals surface area contributed by atoms with Gasteiger partial charge in [0.25, 0.3) is 11.8 Å². The first-order chi connectivity index (χ1) is 13.6. The number of H-pyrrole nitrogens is 1. The van der Waals surface area contributed by atoms with Crippen molar-refractivity contribution in [3.63, 3.8) is 0 Å². The number of aromatic nitrogens is 3. The van der Waals surface area contributed by atoms with Crippen molar-refractivity contribution in [3.8, 4) is 0 Å². The summed E-state index contributed by atoms with van der Waals surface area (Å²) in [6.07, 6.45) is 6.99. The van der Waals surface area contributed by atoms with Gasteiger partial charge in [-0.25, -0.2) is 4.98 Å². The third kappa shape index (κ3) is 2.71. The number of hydrogen-bond donors (Lipinski definition) is 2. The molecule has 5 rings (SSSR count). The summed E-state index contributed by atoms with van der Waals surface area (Å²) >= 11 is 0. The summed E-state index contributed by atoms with van der Waals surface area (Å²) in [5.74, 6) is 0.243. The van der Waals surface area contributed by atoms with Crippen LogP contribution < -0.4 is 5.32 Å². The van der Waals surface area contributed by atoms with Gasteiger partial charge in [-0.1, -0.05) is 0 Å². The van der Waals surface area contributed by atoms with Crippen molar-refractivity contribution in [1.29, 1.82) is 0 Å². The highest BCUT2D eigenvalue weighted by Gasteiger charge is 2.63. The molecular formula is C20H23N5O3. The normalized spacial score (nSPS) is 30.5. The monoisotopic (exact) mass is 381 g/mol. The number of aromatic amines is 1. The number of likely N-dealkylation sites (tertiary alicyclic amines) is 1. The molecule has 5 heterocycles. The minimum atomic E-state index is -0.278. The van der Waals surface area contributed by atoms with Crippen molar-refractivity contribution in [2.45, 2.75) is 31.5 Å². The van der Waals surface area contributed by atoms with E-state index >= 15 is 0 Å². The van der Waals surface area contributed by atoms with Crippen LogP contribution in [-0.2, 0) is 4.74 Å². The van der Waals surface area contributed by atoms with Crippen LogP contribution in [0.1, 0.15) is 39.5 Å². The average Bonchev–Trinajstić information content (AvgIpc) is 3.46. The van der Waals surface area contributed by atoms with Crippen molar-refractivity contribution >= 4 is 11.8 Å². The molecule has 1 spiro atoms.